The molecule has 2 nitrogen and oxygen atoms in total. The summed E-state index contributed by atoms with van der Waals surface area (Å²) < 4.78 is 0. The molecule has 80 valence electrons. The van der Waals surface area contributed by atoms with Gasteiger partial charge in [0.05, 0.1) is 0 Å². The molecule has 1 unspecified atom stereocenters. The smallest absolute Gasteiger partial charge is 0.0449 e. The predicted octanol–water partition coefficient (Wildman–Crippen LogP) is 2.34. The lowest BCUT2D eigenvalue weighted by molar-refractivity contribution is 0.267. The Bertz CT molecular complexity index is 254. The molecule has 1 aromatic rings. The van der Waals surface area contributed by atoms with Gasteiger partial charge in [0.1, 0.15) is 0 Å². The van der Waals surface area contributed by atoms with E-state index in [2.05, 4.69) is 31.3 Å². The van der Waals surface area contributed by atoms with E-state index >= 15 is 0 Å². The van der Waals surface area contributed by atoms with Crippen LogP contribution in [0.4, 0.5) is 0 Å². The molecule has 1 heterocycles. The van der Waals surface area contributed by atoms with E-state index in [1.807, 2.05) is 11.3 Å². The van der Waals surface area contributed by atoms with E-state index in [9.17, 15) is 0 Å². The van der Waals surface area contributed by atoms with E-state index in [1.165, 1.54) is 9.75 Å². The van der Waals surface area contributed by atoms with Crippen LogP contribution in [0.1, 0.15) is 36.1 Å². The van der Waals surface area contributed by atoms with Gasteiger partial charge in [0.25, 0.3) is 0 Å². The highest BCUT2D eigenvalue weighted by atomic mass is 32.1. The lowest BCUT2D eigenvalue weighted by Crippen LogP contribution is -2.20. The van der Waals surface area contributed by atoms with Crippen molar-refractivity contribution < 1.29 is 5.11 Å². The zero-order valence-corrected chi connectivity index (χ0v) is 9.73. The van der Waals surface area contributed by atoms with Gasteiger partial charge >= 0.3 is 0 Å². The van der Waals surface area contributed by atoms with E-state index in [4.69, 9.17) is 5.11 Å². The second kappa shape index (κ2) is 6.17. The minimum absolute atomic E-state index is 0.247. The predicted molar refractivity (Wildman–Crippen MR) is 61.8 cm³/mol. The molecule has 0 aliphatic heterocycles. The maximum Gasteiger partial charge on any atom is 0.0449 e. The minimum atomic E-state index is 0.247. The van der Waals surface area contributed by atoms with Crippen LogP contribution in [0.5, 0.6) is 0 Å². The molecule has 14 heavy (non-hydrogen) atoms. The Hall–Kier alpha value is -0.380. The summed E-state index contributed by atoms with van der Waals surface area (Å²) in [7, 11) is 0. The average molecular weight is 213 g/mol. The minimum Gasteiger partial charge on any atom is -0.396 e. The van der Waals surface area contributed by atoms with E-state index in [-0.39, 0.29) is 6.61 Å². The van der Waals surface area contributed by atoms with Crippen molar-refractivity contribution in [2.24, 2.45) is 0 Å². The number of aliphatic hydroxyl groups excluding tert-OH is 1. The van der Waals surface area contributed by atoms with E-state index in [1.54, 1.807) is 0 Å². The summed E-state index contributed by atoms with van der Waals surface area (Å²) in [6.07, 6.45) is 1.90. The molecule has 0 aliphatic carbocycles. The maximum absolute atomic E-state index is 8.95. The Morgan fingerprint density at radius 2 is 2.21 bits per heavy atom. The van der Waals surface area contributed by atoms with Crippen molar-refractivity contribution >= 4 is 11.3 Å². The summed E-state index contributed by atoms with van der Waals surface area (Å²) in [6, 6.07) is 4.68. The largest absolute Gasteiger partial charge is 0.396 e. The van der Waals surface area contributed by atoms with E-state index in [0.29, 0.717) is 6.04 Å². The summed E-state index contributed by atoms with van der Waals surface area (Å²) >= 11 is 1.85. The number of aliphatic hydroxyl groups is 1. The summed E-state index contributed by atoms with van der Waals surface area (Å²) in [6.45, 7) is 5.46. The van der Waals surface area contributed by atoms with Gasteiger partial charge < -0.3 is 10.4 Å². The van der Waals surface area contributed by atoms with Crippen LogP contribution in [0.15, 0.2) is 12.1 Å². The SMILES string of the molecule is CCNC(CCO)c1ccc(CC)s1. The average Bonchev–Trinajstić information content (AvgIpc) is 2.65. The summed E-state index contributed by atoms with van der Waals surface area (Å²) in [5.74, 6) is 0. The molecular formula is C11H19NOS. The van der Waals surface area contributed by atoms with E-state index < -0.39 is 0 Å². The molecule has 1 aromatic heterocycles. The molecule has 3 heteroatoms. The van der Waals surface area contributed by atoms with E-state index in [0.717, 1.165) is 19.4 Å². The highest BCUT2D eigenvalue weighted by molar-refractivity contribution is 7.12. The van der Waals surface area contributed by atoms with Crippen LogP contribution in [0, 0.1) is 0 Å². The zero-order chi connectivity index (χ0) is 10.4. The molecule has 0 fully saturated rings. The van der Waals surface area contributed by atoms with Gasteiger partial charge in [0, 0.05) is 22.4 Å². The Morgan fingerprint density at radius 3 is 2.71 bits per heavy atom. The highest BCUT2D eigenvalue weighted by Gasteiger charge is 2.11. The molecule has 0 aliphatic rings. The molecule has 0 bridgehead atoms. The lowest BCUT2D eigenvalue weighted by atomic mass is 10.2. The van der Waals surface area contributed by atoms with Crippen LogP contribution >= 0.6 is 11.3 Å². The van der Waals surface area contributed by atoms with Gasteiger partial charge in [-0.15, -0.1) is 11.3 Å². The quantitative estimate of drug-likeness (QED) is 0.760. The van der Waals surface area contributed by atoms with Gasteiger partial charge in [-0.25, -0.2) is 0 Å². The number of thiophene rings is 1. The van der Waals surface area contributed by atoms with Crippen molar-refractivity contribution in [2.45, 2.75) is 32.7 Å². The first-order chi connectivity index (χ1) is 6.81. The molecule has 0 radical (unpaired) electrons. The molecule has 1 rings (SSSR count). The van der Waals surface area contributed by atoms with Crippen LogP contribution in [0.3, 0.4) is 0 Å². The first-order valence-corrected chi connectivity index (χ1v) is 6.06. The fourth-order valence-corrected chi connectivity index (χ4v) is 2.55. The van der Waals surface area contributed by atoms with Gasteiger partial charge in [-0.2, -0.15) is 0 Å². The molecule has 0 aromatic carbocycles. The third-order valence-corrected chi connectivity index (χ3v) is 3.59. The van der Waals surface area contributed by atoms with Crippen molar-refractivity contribution in [1.29, 1.82) is 0 Å². The highest BCUT2D eigenvalue weighted by Crippen LogP contribution is 2.25. The number of rotatable bonds is 6. The third-order valence-electron chi connectivity index (χ3n) is 2.24. The number of hydrogen-bond donors (Lipinski definition) is 2. The molecular weight excluding hydrogens is 194 g/mol. The summed E-state index contributed by atoms with van der Waals surface area (Å²) in [4.78, 5) is 2.76. The Kier molecular flexibility index (Phi) is 5.15. The topological polar surface area (TPSA) is 32.3 Å². The van der Waals surface area contributed by atoms with Crippen molar-refractivity contribution in [3.05, 3.63) is 21.9 Å². The Morgan fingerprint density at radius 1 is 1.43 bits per heavy atom. The fraction of sp³-hybridized carbons (Fsp3) is 0.636. The fourth-order valence-electron chi connectivity index (χ4n) is 1.49. The van der Waals surface area contributed by atoms with Gasteiger partial charge in [-0.3, -0.25) is 0 Å². The van der Waals surface area contributed by atoms with Crippen molar-refractivity contribution in [3.63, 3.8) is 0 Å². The van der Waals surface area contributed by atoms with Crippen LogP contribution in [0.2, 0.25) is 0 Å². The van der Waals surface area contributed by atoms with Gasteiger partial charge in [0.15, 0.2) is 0 Å². The monoisotopic (exact) mass is 213 g/mol. The lowest BCUT2D eigenvalue weighted by Gasteiger charge is -2.14. The van der Waals surface area contributed by atoms with Crippen molar-refractivity contribution in [3.8, 4) is 0 Å². The molecule has 0 saturated carbocycles. The van der Waals surface area contributed by atoms with Gasteiger partial charge in [-0.1, -0.05) is 13.8 Å². The van der Waals surface area contributed by atoms with Crippen LogP contribution in [-0.4, -0.2) is 18.3 Å². The first kappa shape index (κ1) is 11.7. The summed E-state index contributed by atoms with van der Waals surface area (Å²) in [5.41, 5.74) is 0. The second-order valence-electron chi connectivity index (χ2n) is 3.28. The van der Waals surface area contributed by atoms with Crippen LogP contribution < -0.4 is 5.32 Å². The molecule has 0 saturated heterocycles. The molecule has 0 amide bonds. The number of nitrogens with one attached hydrogen (secondary N) is 1. The molecule has 2 N–H and O–H groups in total. The second-order valence-corrected chi connectivity index (χ2v) is 4.48. The normalized spacial score (nSPS) is 13.1. The van der Waals surface area contributed by atoms with Gasteiger partial charge in [0.2, 0.25) is 0 Å². The molecule has 0 spiro atoms. The molecule has 1 atom stereocenters. The Balaban J connectivity index is 2.65. The van der Waals surface area contributed by atoms with Crippen molar-refractivity contribution in [1.82, 2.24) is 5.32 Å². The number of hydrogen-bond acceptors (Lipinski definition) is 3. The maximum atomic E-state index is 8.95. The van der Waals surface area contributed by atoms with Crippen molar-refractivity contribution in [2.75, 3.05) is 13.2 Å². The Labute approximate surface area is 90.0 Å². The number of aryl methyl sites for hydroxylation is 1. The standard InChI is InChI=1S/C11H19NOS/c1-3-9-5-6-11(14-9)10(7-8-13)12-4-2/h5-6,10,12-13H,3-4,7-8H2,1-2H3. The first-order valence-electron chi connectivity index (χ1n) is 5.24. The third kappa shape index (κ3) is 3.08. The van der Waals surface area contributed by atoms with Crippen LogP contribution in [0.25, 0.3) is 0 Å². The summed E-state index contributed by atoms with van der Waals surface area (Å²) in [5, 5.41) is 12.3. The van der Waals surface area contributed by atoms with Gasteiger partial charge in [-0.05, 0) is 31.5 Å². The van der Waals surface area contributed by atoms with Crippen LogP contribution in [-0.2, 0) is 6.42 Å². The zero-order valence-electron chi connectivity index (χ0n) is 8.92.